The summed E-state index contributed by atoms with van der Waals surface area (Å²) in [5.41, 5.74) is 1.18. The van der Waals surface area contributed by atoms with Crippen LogP contribution in [0.5, 0.6) is 5.88 Å². The fourth-order valence-electron chi connectivity index (χ4n) is 6.49. The Balaban J connectivity index is 1.05. The molecular formula is C33H39N3O5S. The van der Waals surface area contributed by atoms with Crippen LogP contribution in [-0.4, -0.2) is 72.2 Å². The van der Waals surface area contributed by atoms with Gasteiger partial charge < -0.3 is 24.6 Å². The van der Waals surface area contributed by atoms with E-state index in [1.54, 1.807) is 11.3 Å². The maximum atomic E-state index is 11.8. The van der Waals surface area contributed by atoms with E-state index in [4.69, 9.17) is 14.2 Å². The Morgan fingerprint density at radius 2 is 2.02 bits per heavy atom. The number of carbonyl (C=O) groups is 1. The van der Waals surface area contributed by atoms with Crippen molar-refractivity contribution in [2.75, 3.05) is 39.4 Å². The number of para-hydroxylation sites is 1. The van der Waals surface area contributed by atoms with E-state index in [-0.39, 0.29) is 12.7 Å². The van der Waals surface area contributed by atoms with Crippen LogP contribution in [0.1, 0.15) is 50.1 Å². The number of rotatable bonds is 11. The number of nitrogens with one attached hydrogen (secondary N) is 1. The number of pyridine rings is 1. The maximum absolute atomic E-state index is 11.8. The van der Waals surface area contributed by atoms with E-state index >= 15 is 0 Å². The van der Waals surface area contributed by atoms with Gasteiger partial charge in [0, 0.05) is 48.4 Å². The Kier molecular flexibility index (Phi) is 9.19. The highest BCUT2D eigenvalue weighted by Crippen LogP contribution is 2.36. The molecule has 9 heteroatoms. The number of ether oxygens (including phenoxy) is 3. The van der Waals surface area contributed by atoms with Crippen LogP contribution in [0.4, 0.5) is 4.79 Å². The molecule has 42 heavy (non-hydrogen) atoms. The number of thiophene rings is 1. The quantitative estimate of drug-likeness (QED) is 0.148. The van der Waals surface area contributed by atoms with Crippen molar-refractivity contribution < 1.29 is 24.1 Å². The third kappa shape index (κ3) is 6.54. The topological polar surface area (TPSA) is 93.2 Å². The molecule has 2 aromatic heterocycles. The molecule has 4 aromatic rings. The van der Waals surface area contributed by atoms with Crippen LogP contribution >= 0.6 is 11.3 Å². The van der Waals surface area contributed by atoms with Crippen molar-refractivity contribution in [1.82, 2.24) is 15.2 Å². The minimum atomic E-state index is -1.30. The van der Waals surface area contributed by atoms with Crippen molar-refractivity contribution in [3.63, 3.8) is 0 Å². The van der Waals surface area contributed by atoms with Gasteiger partial charge in [0.25, 0.3) is 0 Å². The Labute approximate surface area is 250 Å². The summed E-state index contributed by atoms with van der Waals surface area (Å²) < 4.78 is 19.4. The number of hydrogen-bond acceptors (Lipinski definition) is 8. The van der Waals surface area contributed by atoms with Crippen LogP contribution < -0.4 is 10.1 Å². The molecule has 2 fully saturated rings. The number of aromatic nitrogens is 1. The summed E-state index contributed by atoms with van der Waals surface area (Å²) >= 11 is 1.80. The summed E-state index contributed by atoms with van der Waals surface area (Å²) in [5.74, 6) is 0.454. The monoisotopic (exact) mass is 589 g/mol. The molecule has 1 saturated heterocycles. The average molecular weight is 590 g/mol. The molecule has 222 valence electrons. The van der Waals surface area contributed by atoms with Crippen molar-refractivity contribution in [3.8, 4) is 5.88 Å². The Bertz CT molecular complexity index is 1490. The Morgan fingerprint density at radius 1 is 1.10 bits per heavy atom. The second-order valence-electron chi connectivity index (χ2n) is 11.3. The zero-order chi connectivity index (χ0) is 28.8. The molecule has 3 atom stereocenters. The van der Waals surface area contributed by atoms with Gasteiger partial charge in [-0.3, -0.25) is 4.90 Å². The van der Waals surface area contributed by atoms with Crippen molar-refractivity contribution in [2.45, 2.75) is 56.3 Å². The van der Waals surface area contributed by atoms with Crippen molar-refractivity contribution in [2.24, 2.45) is 0 Å². The molecule has 6 rings (SSSR count). The highest BCUT2D eigenvalue weighted by molar-refractivity contribution is 7.17. The first kappa shape index (κ1) is 28.9. The number of nitrogens with zero attached hydrogens (tertiary/aromatic N) is 2. The minimum Gasteiger partial charge on any atom is -0.473 e. The van der Waals surface area contributed by atoms with Crippen LogP contribution in [0.2, 0.25) is 0 Å². The van der Waals surface area contributed by atoms with Crippen LogP contribution in [0, 0.1) is 0 Å². The van der Waals surface area contributed by atoms with E-state index in [9.17, 15) is 9.90 Å². The first-order valence-corrected chi connectivity index (χ1v) is 15.9. The molecule has 1 saturated carbocycles. The van der Waals surface area contributed by atoms with E-state index in [1.165, 1.54) is 15.6 Å². The molecule has 2 N–H and O–H groups in total. The normalized spacial score (nSPS) is 23.2. The van der Waals surface area contributed by atoms with Gasteiger partial charge in [-0.05, 0) is 79.2 Å². The molecule has 0 amide bonds. The SMILES string of the molecule is O=C(O)OC1(COc2ccc3ccccc3n2)CCCCC1OCCCCN1CCNCC1c1cccc2sccc12. The number of hydrogen-bond donors (Lipinski definition) is 2. The smallest absolute Gasteiger partial charge is 0.473 e. The van der Waals surface area contributed by atoms with Gasteiger partial charge in [-0.2, -0.15) is 0 Å². The zero-order valence-electron chi connectivity index (χ0n) is 23.9. The minimum absolute atomic E-state index is 0.0753. The summed E-state index contributed by atoms with van der Waals surface area (Å²) in [5, 5.41) is 17.8. The first-order chi connectivity index (χ1) is 20.6. The number of benzene rings is 2. The van der Waals surface area contributed by atoms with Gasteiger partial charge in [0.05, 0.1) is 5.52 Å². The van der Waals surface area contributed by atoms with E-state index in [0.717, 1.165) is 69.2 Å². The van der Waals surface area contributed by atoms with E-state index in [1.807, 2.05) is 36.4 Å². The second kappa shape index (κ2) is 13.4. The molecule has 0 bridgehead atoms. The summed E-state index contributed by atoms with van der Waals surface area (Å²) in [6.45, 7) is 4.59. The Morgan fingerprint density at radius 3 is 2.95 bits per heavy atom. The van der Waals surface area contributed by atoms with Gasteiger partial charge in [-0.15, -0.1) is 11.3 Å². The van der Waals surface area contributed by atoms with Crippen molar-refractivity contribution in [3.05, 3.63) is 71.6 Å². The summed E-state index contributed by atoms with van der Waals surface area (Å²) in [6.07, 6.45) is 3.39. The molecule has 0 radical (unpaired) electrons. The second-order valence-corrected chi connectivity index (χ2v) is 12.3. The lowest BCUT2D eigenvalue weighted by Gasteiger charge is -2.41. The summed E-state index contributed by atoms with van der Waals surface area (Å²) in [6, 6.07) is 20.8. The third-order valence-corrected chi connectivity index (χ3v) is 9.51. The lowest BCUT2D eigenvalue weighted by atomic mass is 9.82. The van der Waals surface area contributed by atoms with Gasteiger partial charge in [0.2, 0.25) is 5.88 Å². The van der Waals surface area contributed by atoms with Crippen LogP contribution in [0.25, 0.3) is 21.0 Å². The fourth-order valence-corrected chi connectivity index (χ4v) is 7.31. The fraction of sp³-hybridized carbons (Fsp3) is 0.455. The van der Waals surface area contributed by atoms with Crippen molar-refractivity contribution in [1.29, 1.82) is 0 Å². The van der Waals surface area contributed by atoms with Crippen LogP contribution in [0.3, 0.4) is 0 Å². The van der Waals surface area contributed by atoms with E-state index in [2.05, 4.69) is 44.8 Å². The lowest BCUT2D eigenvalue weighted by molar-refractivity contribution is -0.158. The van der Waals surface area contributed by atoms with Gasteiger partial charge in [-0.25, -0.2) is 9.78 Å². The molecule has 1 aliphatic heterocycles. The summed E-state index contributed by atoms with van der Waals surface area (Å²) in [7, 11) is 0. The Hall–Kier alpha value is -3.24. The van der Waals surface area contributed by atoms with Crippen molar-refractivity contribution >= 4 is 38.5 Å². The van der Waals surface area contributed by atoms with Gasteiger partial charge in [-0.1, -0.05) is 36.8 Å². The summed E-state index contributed by atoms with van der Waals surface area (Å²) in [4.78, 5) is 19.0. The highest BCUT2D eigenvalue weighted by Gasteiger charge is 2.46. The number of unbranched alkanes of at least 4 members (excludes halogenated alkanes) is 1. The highest BCUT2D eigenvalue weighted by atomic mass is 32.1. The van der Waals surface area contributed by atoms with Gasteiger partial charge in [0.1, 0.15) is 12.7 Å². The zero-order valence-corrected chi connectivity index (χ0v) is 24.7. The van der Waals surface area contributed by atoms with E-state index in [0.29, 0.717) is 24.9 Å². The third-order valence-electron chi connectivity index (χ3n) is 8.63. The van der Waals surface area contributed by atoms with Gasteiger partial charge in [0.15, 0.2) is 5.60 Å². The molecule has 2 aliphatic rings. The molecule has 1 aliphatic carbocycles. The standard InChI is InChI=1S/C33H39N3O5S/c37-32(38)41-33(23-40-31-14-13-24-8-1-2-10-27(24)35-31)16-4-3-12-30(33)39-20-6-5-18-36-19-17-34-22-28(36)25-9-7-11-29-26(25)15-21-42-29/h1-2,7-11,13-15,21,28,30,34H,3-6,12,16-20,22-23H2,(H,37,38). The molecule has 2 aromatic carbocycles. The predicted molar refractivity (Wildman–Crippen MR) is 166 cm³/mol. The van der Waals surface area contributed by atoms with Crippen LogP contribution in [0.15, 0.2) is 66.0 Å². The molecular weight excluding hydrogens is 550 g/mol. The molecule has 8 nitrogen and oxygen atoms in total. The lowest BCUT2D eigenvalue weighted by Crippen LogP contribution is -2.54. The molecule has 3 unspecified atom stereocenters. The first-order valence-electron chi connectivity index (χ1n) is 15.0. The number of piperazine rings is 1. The number of carboxylic acid groups (broad SMARTS) is 1. The van der Waals surface area contributed by atoms with Crippen LogP contribution in [-0.2, 0) is 9.47 Å². The van der Waals surface area contributed by atoms with E-state index < -0.39 is 11.8 Å². The predicted octanol–water partition coefficient (Wildman–Crippen LogP) is 6.65. The van der Waals surface area contributed by atoms with Gasteiger partial charge >= 0.3 is 6.16 Å². The maximum Gasteiger partial charge on any atom is 0.506 e. The molecule has 3 heterocycles. The number of fused-ring (bicyclic) bond motifs is 2. The average Bonchev–Trinajstić information content (AvgIpc) is 3.50. The molecule has 0 spiro atoms. The largest absolute Gasteiger partial charge is 0.506 e.